The third kappa shape index (κ3) is 4.78. The van der Waals surface area contributed by atoms with Gasteiger partial charge in [-0.15, -0.1) is 0 Å². The van der Waals surface area contributed by atoms with Crippen LogP contribution in [-0.4, -0.2) is 10.8 Å². The van der Waals surface area contributed by atoms with Gasteiger partial charge in [0.15, 0.2) is 0 Å². The van der Waals surface area contributed by atoms with E-state index in [2.05, 4.69) is 19.2 Å². The van der Waals surface area contributed by atoms with E-state index in [1.165, 1.54) is 29.8 Å². The molecule has 2 aromatic rings. The standard InChI is InChI=1S/C18H18N2O3/c1-13(2)15-9-6-14(7-10-15)8-11-18(21)19-16-4-3-5-17(12-16)20(22)23/h3-13H,1-2H3,(H,19,21)/b11-8+. The summed E-state index contributed by atoms with van der Waals surface area (Å²) in [5, 5.41) is 13.3. The van der Waals surface area contributed by atoms with Gasteiger partial charge in [0, 0.05) is 23.9 Å². The summed E-state index contributed by atoms with van der Waals surface area (Å²) in [4.78, 5) is 22.1. The number of nitrogens with zero attached hydrogens (tertiary/aromatic N) is 1. The van der Waals surface area contributed by atoms with Crippen LogP contribution in [0.4, 0.5) is 11.4 Å². The largest absolute Gasteiger partial charge is 0.322 e. The van der Waals surface area contributed by atoms with Crippen molar-refractivity contribution >= 4 is 23.4 Å². The molecule has 0 radical (unpaired) electrons. The van der Waals surface area contributed by atoms with E-state index in [0.717, 1.165) is 5.56 Å². The average molecular weight is 310 g/mol. The van der Waals surface area contributed by atoms with Crippen LogP contribution in [0, 0.1) is 10.1 Å². The van der Waals surface area contributed by atoms with Crippen molar-refractivity contribution in [2.45, 2.75) is 19.8 Å². The monoisotopic (exact) mass is 310 g/mol. The number of benzene rings is 2. The maximum absolute atomic E-state index is 11.9. The topological polar surface area (TPSA) is 72.2 Å². The maximum atomic E-state index is 11.9. The van der Waals surface area contributed by atoms with Gasteiger partial charge in [0.05, 0.1) is 4.92 Å². The lowest BCUT2D eigenvalue weighted by Crippen LogP contribution is -2.07. The summed E-state index contributed by atoms with van der Waals surface area (Å²) in [6, 6.07) is 13.8. The van der Waals surface area contributed by atoms with Crippen LogP contribution < -0.4 is 5.32 Å². The Kier molecular flexibility index (Phi) is 5.25. The van der Waals surface area contributed by atoms with E-state index < -0.39 is 4.92 Å². The van der Waals surface area contributed by atoms with Crippen LogP contribution in [0.3, 0.4) is 0 Å². The van der Waals surface area contributed by atoms with Gasteiger partial charge in [-0.05, 0) is 29.2 Å². The van der Waals surface area contributed by atoms with Gasteiger partial charge in [-0.2, -0.15) is 0 Å². The highest BCUT2D eigenvalue weighted by atomic mass is 16.6. The van der Waals surface area contributed by atoms with E-state index in [9.17, 15) is 14.9 Å². The second kappa shape index (κ2) is 7.35. The predicted molar refractivity (Wildman–Crippen MR) is 91.3 cm³/mol. The SMILES string of the molecule is CC(C)c1ccc(/C=C/C(=O)Nc2cccc([N+](=O)[O-])c2)cc1. The summed E-state index contributed by atoms with van der Waals surface area (Å²) in [6.45, 7) is 4.24. The van der Waals surface area contributed by atoms with Crippen LogP contribution in [0.25, 0.3) is 6.08 Å². The molecule has 1 N–H and O–H groups in total. The molecule has 118 valence electrons. The highest BCUT2D eigenvalue weighted by Gasteiger charge is 2.06. The van der Waals surface area contributed by atoms with Crippen molar-refractivity contribution < 1.29 is 9.72 Å². The number of anilines is 1. The van der Waals surface area contributed by atoms with Crippen molar-refractivity contribution in [3.8, 4) is 0 Å². The summed E-state index contributed by atoms with van der Waals surface area (Å²) < 4.78 is 0. The highest BCUT2D eigenvalue weighted by molar-refractivity contribution is 6.02. The summed E-state index contributed by atoms with van der Waals surface area (Å²) >= 11 is 0. The number of nitro groups is 1. The smallest absolute Gasteiger partial charge is 0.271 e. The zero-order chi connectivity index (χ0) is 16.8. The number of non-ortho nitro benzene ring substituents is 1. The van der Waals surface area contributed by atoms with Gasteiger partial charge < -0.3 is 5.32 Å². The van der Waals surface area contributed by atoms with E-state index in [4.69, 9.17) is 0 Å². The Hall–Kier alpha value is -2.95. The van der Waals surface area contributed by atoms with Gasteiger partial charge in [0.2, 0.25) is 5.91 Å². The van der Waals surface area contributed by atoms with Crippen LogP contribution in [0.5, 0.6) is 0 Å². The Morgan fingerprint density at radius 3 is 2.48 bits per heavy atom. The third-order valence-electron chi connectivity index (χ3n) is 3.35. The lowest BCUT2D eigenvalue weighted by Gasteiger charge is -2.04. The Morgan fingerprint density at radius 1 is 1.17 bits per heavy atom. The number of hydrogen-bond acceptors (Lipinski definition) is 3. The molecule has 0 aliphatic rings. The number of amides is 1. The molecule has 1 amide bonds. The molecule has 0 saturated heterocycles. The molecule has 0 heterocycles. The summed E-state index contributed by atoms with van der Waals surface area (Å²) in [5.74, 6) is 0.128. The van der Waals surface area contributed by atoms with Gasteiger partial charge >= 0.3 is 0 Å². The first kappa shape index (κ1) is 16.4. The van der Waals surface area contributed by atoms with Crippen LogP contribution in [-0.2, 0) is 4.79 Å². The molecule has 0 aromatic heterocycles. The zero-order valence-corrected chi connectivity index (χ0v) is 13.0. The lowest BCUT2D eigenvalue weighted by molar-refractivity contribution is -0.384. The Morgan fingerprint density at radius 2 is 1.87 bits per heavy atom. The quantitative estimate of drug-likeness (QED) is 0.506. The highest BCUT2D eigenvalue weighted by Crippen LogP contribution is 2.17. The molecule has 2 rings (SSSR count). The van der Waals surface area contributed by atoms with Crippen LogP contribution in [0.1, 0.15) is 30.9 Å². The molecular weight excluding hydrogens is 292 g/mol. The van der Waals surface area contributed by atoms with Gasteiger partial charge in [-0.1, -0.05) is 44.2 Å². The number of rotatable bonds is 5. The summed E-state index contributed by atoms with van der Waals surface area (Å²) in [6.07, 6.45) is 3.11. The van der Waals surface area contributed by atoms with E-state index in [1.54, 1.807) is 12.1 Å². The van der Waals surface area contributed by atoms with Crippen molar-refractivity contribution in [3.63, 3.8) is 0 Å². The lowest BCUT2D eigenvalue weighted by atomic mass is 10.0. The molecule has 0 saturated carbocycles. The van der Waals surface area contributed by atoms with Crippen molar-refractivity contribution in [1.29, 1.82) is 0 Å². The molecule has 5 nitrogen and oxygen atoms in total. The van der Waals surface area contributed by atoms with Crippen LogP contribution in [0.15, 0.2) is 54.6 Å². The molecule has 5 heteroatoms. The first-order valence-electron chi connectivity index (χ1n) is 7.29. The molecule has 0 bridgehead atoms. The third-order valence-corrected chi connectivity index (χ3v) is 3.35. The maximum Gasteiger partial charge on any atom is 0.271 e. The minimum absolute atomic E-state index is 0.0592. The Balaban J connectivity index is 2.01. The average Bonchev–Trinajstić information content (AvgIpc) is 2.53. The van der Waals surface area contributed by atoms with Crippen molar-refractivity contribution in [2.24, 2.45) is 0 Å². The molecule has 0 unspecified atom stereocenters. The molecule has 0 aliphatic carbocycles. The zero-order valence-electron chi connectivity index (χ0n) is 13.0. The fourth-order valence-corrected chi connectivity index (χ4v) is 2.05. The molecule has 0 fully saturated rings. The van der Waals surface area contributed by atoms with E-state index >= 15 is 0 Å². The number of carbonyl (C=O) groups excluding carboxylic acids is 1. The minimum Gasteiger partial charge on any atom is -0.322 e. The first-order chi connectivity index (χ1) is 11.0. The van der Waals surface area contributed by atoms with Crippen LogP contribution >= 0.6 is 0 Å². The number of nitro benzene ring substituents is 1. The van der Waals surface area contributed by atoms with Gasteiger partial charge in [0.25, 0.3) is 5.69 Å². The number of carbonyl (C=O) groups is 1. The number of hydrogen-bond donors (Lipinski definition) is 1. The number of nitrogens with one attached hydrogen (secondary N) is 1. The second-order valence-corrected chi connectivity index (χ2v) is 5.45. The minimum atomic E-state index is -0.498. The Labute approximate surface area is 134 Å². The van der Waals surface area contributed by atoms with Crippen molar-refractivity contribution in [2.75, 3.05) is 5.32 Å². The normalized spacial score (nSPS) is 10.9. The van der Waals surface area contributed by atoms with E-state index in [1.807, 2.05) is 24.3 Å². The van der Waals surface area contributed by atoms with Crippen molar-refractivity contribution in [3.05, 3.63) is 75.8 Å². The first-order valence-corrected chi connectivity index (χ1v) is 7.29. The molecule has 0 atom stereocenters. The van der Waals surface area contributed by atoms with Crippen LogP contribution in [0.2, 0.25) is 0 Å². The van der Waals surface area contributed by atoms with Gasteiger partial charge in [-0.25, -0.2) is 0 Å². The molecule has 0 spiro atoms. The Bertz CT molecular complexity index is 734. The fraction of sp³-hybridized carbons (Fsp3) is 0.167. The molecule has 2 aromatic carbocycles. The molecular formula is C18H18N2O3. The summed E-state index contributed by atoms with van der Waals surface area (Å²) in [7, 11) is 0. The van der Waals surface area contributed by atoms with Gasteiger partial charge in [0.1, 0.15) is 0 Å². The molecule has 0 aliphatic heterocycles. The van der Waals surface area contributed by atoms with E-state index in [0.29, 0.717) is 11.6 Å². The molecule has 23 heavy (non-hydrogen) atoms. The van der Waals surface area contributed by atoms with Gasteiger partial charge in [-0.3, -0.25) is 14.9 Å². The predicted octanol–water partition coefficient (Wildman–Crippen LogP) is 4.37. The van der Waals surface area contributed by atoms with Crippen molar-refractivity contribution in [1.82, 2.24) is 0 Å². The second-order valence-electron chi connectivity index (χ2n) is 5.45. The summed E-state index contributed by atoms with van der Waals surface area (Å²) in [5.41, 5.74) is 2.49. The van der Waals surface area contributed by atoms with E-state index in [-0.39, 0.29) is 11.6 Å². The fourth-order valence-electron chi connectivity index (χ4n) is 2.05.